The van der Waals surface area contributed by atoms with Gasteiger partial charge in [0.25, 0.3) is 0 Å². The maximum Gasteiger partial charge on any atom is 0.210 e. The van der Waals surface area contributed by atoms with Gasteiger partial charge in [0.1, 0.15) is 0 Å². The number of tetrazole rings is 1. The van der Waals surface area contributed by atoms with E-state index in [0.29, 0.717) is 22.3 Å². The molecule has 0 unspecified atom stereocenters. The van der Waals surface area contributed by atoms with E-state index >= 15 is 0 Å². The van der Waals surface area contributed by atoms with Crippen molar-refractivity contribution in [3.63, 3.8) is 0 Å². The van der Waals surface area contributed by atoms with Crippen LogP contribution in [0.15, 0.2) is 42.1 Å². The van der Waals surface area contributed by atoms with Crippen LogP contribution in [0.4, 0.5) is 0 Å². The highest BCUT2D eigenvalue weighted by molar-refractivity contribution is 7.99. The molecule has 0 aliphatic carbocycles. The summed E-state index contributed by atoms with van der Waals surface area (Å²) in [4.78, 5) is 12.0. The topological polar surface area (TPSA) is 60.7 Å². The smallest absolute Gasteiger partial charge is 0.210 e. The van der Waals surface area contributed by atoms with Crippen LogP contribution in [0, 0.1) is 0 Å². The van der Waals surface area contributed by atoms with Gasteiger partial charge in [-0.2, -0.15) is 0 Å². The Morgan fingerprint density at radius 3 is 2.84 bits per heavy atom. The Morgan fingerprint density at radius 1 is 1.42 bits per heavy atom. The summed E-state index contributed by atoms with van der Waals surface area (Å²) in [6, 6.07) is 6.80. The lowest BCUT2D eigenvalue weighted by molar-refractivity contribution is 0.102. The molecule has 0 amide bonds. The number of carbonyl (C=O) groups is 1. The molecule has 0 saturated heterocycles. The number of hydrogen-bond acceptors (Lipinski definition) is 5. The van der Waals surface area contributed by atoms with Crippen LogP contribution in [-0.4, -0.2) is 31.7 Å². The molecule has 0 fully saturated rings. The first-order valence-corrected chi connectivity index (χ1v) is 6.85. The highest BCUT2D eigenvalue weighted by Crippen LogP contribution is 2.17. The van der Waals surface area contributed by atoms with Gasteiger partial charge in [0, 0.05) is 10.6 Å². The normalized spacial score (nSPS) is 10.4. The van der Waals surface area contributed by atoms with E-state index in [1.54, 1.807) is 35.0 Å². The van der Waals surface area contributed by atoms with Crippen LogP contribution in [0.5, 0.6) is 0 Å². The van der Waals surface area contributed by atoms with Crippen molar-refractivity contribution in [1.29, 1.82) is 0 Å². The summed E-state index contributed by atoms with van der Waals surface area (Å²) in [7, 11) is 0. The standard InChI is InChI=1S/C12H11ClN4OS/c1-2-7-17-12(14-15-16-17)19-8-11(18)9-3-5-10(13)6-4-9/h2-6H,1,7-8H2. The first-order chi connectivity index (χ1) is 9.20. The Morgan fingerprint density at radius 2 is 2.16 bits per heavy atom. The quantitative estimate of drug-likeness (QED) is 0.465. The van der Waals surface area contributed by atoms with Crippen LogP contribution in [0.25, 0.3) is 0 Å². The van der Waals surface area contributed by atoms with Gasteiger partial charge in [-0.15, -0.1) is 11.7 Å². The minimum Gasteiger partial charge on any atom is -0.293 e. The third-order valence-corrected chi connectivity index (χ3v) is 3.51. The summed E-state index contributed by atoms with van der Waals surface area (Å²) >= 11 is 7.07. The van der Waals surface area contributed by atoms with Crippen LogP contribution >= 0.6 is 23.4 Å². The van der Waals surface area contributed by atoms with E-state index in [2.05, 4.69) is 22.1 Å². The third kappa shape index (κ3) is 3.65. The molecule has 7 heteroatoms. The number of Topliss-reactive ketones (excluding diaryl/α,β-unsaturated/α-hetero) is 1. The molecule has 2 rings (SSSR count). The summed E-state index contributed by atoms with van der Waals surface area (Å²) in [5, 5.41) is 12.4. The number of rotatable bonds is 6. The molecule has 1 heterocycles. The molecule has 1 aromatic heterocycles. The fraction of sp³-hybridized carbons (Fsp3) is 0.167. The fourth-order valence-electron chi connectivity index (χ4n) is 1.39. The van der Waals surface area contributed by atoms with E-state index in [1.165, 1.54) is 11.8 Å². The highest BCUT2D eigenvalue weighted by atomic mass is 35.5. The lowest BCUT2D eigenvalue weighted by Crippen LogP contribution is -2.05. The van der Waals surface area contributed by atoms with Crippen molar-refractivity contribution in [2.24, 2.45) is 0 Å². The Bertz CT molecular complexity index is 582. The van der Waals surface area contributed by atoms with E-state index < -0.39 is 0 Å². The zero-order valence-corrected chi connectivity index (χ0v) is 11.6. The Labute approximate surface area is 119 Å². The number of ketones is 1. The second-order valence-electron chi connectivity index (χ2n) is 3.65. The van der Waals surface area contributed by atoms with Gasteiger partial charge in [-0.1, -0.05) is 29.4 Å². The molecule has 0 spiro atoms. The Hall–Kier alpha value is -1.66. The first kappa shape index (κ1) is 13.8. The number of carbonyl (C=O) groups excluding carboxylic acids is 1. The van der Waals surface area contributed by atoms with Gasteiger partial charge < -0.3 is 0 Å². The lowest BCUT2D eigenvalue weighted by Gasteiger charge is -2.01. The van der Waals surface area contributed by atoms with Crippen molar-refractivity contribution in [2.45, 2.75) is 11.7 Å². The van der Waals surface area contributed by atoms with Crippen molar-refractivity contribution in [3.05, 3.63) is 47.5 Å². The molecule has 0 aliphatic heterocycles. The van der Waals surface area contributed by atoms with Crippen molar-refractivity contribution in [1.82, 2.24) is 20.2 Å². The summed E-state index contributed by atoms with van der Waals surface area (Å²) < 4.78 is 1.59. The van der Waals surface area contributed by atoms with Crippen LogP contribution in [-0.2, 0) is 6.54 Å². The second-order valence-corrected chi connectivity index (χ2v) is 5.03. The van der Waals surface area contributed by atoms with Gasteiger partial charge in [-0.05, 0) is 34.7 Å². The highest BCUT2D eigenvalue weighted by Gasteiger charge is 2.10. The predicted molar refractivity (Wildman–Crippen MR) is 74.5 cm³/mol. The summed E-state index contributed by atoms with van der Waals surface area (Å²) in [6.45, 7) is 4.14. The zero-order chi connectivity index (χ0) is 13.7. The number of aromatic nitrogens is 4. The van der Waals surface area contributed by atoms with Crippen molar-refractivity contribution < 1.29 is 4.79 Å². The fourth-order valence-corrected chi connectivity index (χ4v) is 2.29. The van der Waals surface area contributed by atoms with Gasteiger partial charge in [0.05, 0.1) is 12.3 Å². The minimum absolute atomic E-state index is 0.00909. The summed E-state index contributed by atoms with van der Waals surface area (Å²) in [5.74, 6) is 0.286. The molecule has 2 aromatic rings. The molecule has 0 atom stereocenters. The largest absolute Gasteiger partial charge is 0.293 e. The number of hydrogen-bond donors (Lipinski definition) is 0. The third-order valence-electron chi connectivity index (χ3n) is 2.30. The SMILES string of the molecule is C=CCn1nnnc1SCC(=O)c1ccc(Cl)cc1. The van der Waals surface area contributed by atoms with Crippen LogP contribution in [0.1, 0.15) is 10.4 Å². The molecular formula is C12H11ClN4OS. The monoisotopic (exact) mass is 294 g/mol. The van der Waals surface area contributed by atoms with Crippen LogP contribution < -0.4 is 0 Å². The maximum absolute atomic E-state index is 12.0. The minimum atomic E-state index is 0.00909. The second kappa shape index (κ2) is 6.49. The van der Waals surface area contributed by atoms with E-state index in [-0.39, 0.29) is 11.5 Å². The summed E-state index contributed by atoms with van der Waals surface area (Å²) in [6.07, 6.45) is 1.70. The summed E-state index contributed by atoms with van der Waals surface area (Å²) in [5.41, 5.74) is 0.625. The van der Waals surface area contributed by atoms with Crippen molar-refractivity contribution in [2.75, 3.05) is 5.75 Å². The molecule has 5 nitrogen and oxygen atoms in total. The number of allylic oxidation sites excluding steroid dienone is 1. The van der Waals surface area contributed by atoms with Crippen LogP contribution in [0.3, 0.4) is 0 Å². The molecule has 19 heavy (non-hydrogen) atoms. The van der Waals surface area contributed by atoms with Gasteiger partial charge in [0.2, 0.25) is 5.16 Å². The first-order valence-electron chi connectivity index (χ1n) is 5.49. The maximum atomic E-state index is 12.0. The zero-order valence-electron chi connectivity index (χ0n) is 9.99. The Balaban J connectivity index is 1.98. The van der Waals surface area contributed by atoms with Crippen LogP contribution in [0.2, 0.25) is 5.02 Å². The molecule has 1 aromatic carbocycles. The number of thioether (sulfide) groups is 1. The number of nitrogens with zero attached hydrogens (tertiary/aromatic N) is 4. The van der Waals surface area contributed by atoms with Gasteiger partial charge >= 0.3 is 0 Å². The van der Waals surface area contributed by atoms with E-state index in [4.69, 9.17) is 11.6 Å². The number of halogens is 1. The number of benzene rings is 1. The average Bonchev–Trinajstić information content (AvgIpc) is 2.85. The van der Waals surface area contributed by atoms with E-state index in [1.807, 2.05) is 0 Å². The molecular weight excluding hydrogens is 284 g/mol. The lowest BCUT2D eigenvalue weighted by atomic mass is 10.1. The van der Waals surface area contributed by atoms with E-state index in [9.17, 15) is 4.79 Å². The molecule has 0 bridgehead atoms. The van der Waals surface area contributed by atoms with Gasteiger partial charge in [-0.25, -0.2) is 4.68 Å². The van der Waals surface area contributed by atoms with Gasteiger partial charge in [0.15, 0.2) is 5.78 Å². The van der Waals surface area contributed by atoms with Crippen molar-refractivity contribution >= 4 is 29.1 Å². The Kier molecular flexibility index (Phi) is 4.70. The molecule has 0 saturated carbocycles. The van der Waals surface area contributed by atoms with Gasteiger partial charge in [-0.3, -0.25) is 4.79 Å². The van der Waals surface area contributed by atoms with Crippen molar-refractivity contribution in [3.8, 4) is 0 Å². The molecule has 0 radical (unpaired) electrons. The molecule has 0 N–H and O–H groups in total. The average molecular weight is 295 g/mol. The molecule has 98 valence electrons. The predicted octanol–water partition coefficient (Wildman–Crippen LogP) is 2.49. The molecule has 0 aliphatic rings. The van der Waals surface area contributed by atoms with E-state index in [0.717, 1.165) is 0 Å².